The van der Waals surface area contributed by atoms with Crippen molar-refractivity contribution in [3.8, 4) is 0 Å². The van der Waals surface area contributed by atoms with Gasteiger partial charge in [-0.05, 0) is 30.5 Å². The molecular formula is C14H15F3N2O2. The molecule has 2 amide bonds. The molecule has 0 saturated heterocycles. The second kappa shape index (κ2) is 5.75. The van der Waals surface area contributed by atoms with E-state index in [2.05, 4.69) is 0 Å². The highest BCUT2D eigenvalue weighted by atomic mass is 19.4. The van der Waals surface area contributed by atoms with Crippen molar-refractivity contribution >= 4 is 17.5 Å². The largest absolute Gasteiger partial charge is 0.405 e. The van der Waals surface area contributed by atoms with E-state index in [4.69, 9.17) is 0 Å². The molecule has 21 heavy (non-hydrogen) atoms. The Morgan fingerprint density at radius 2 is 2.05 bits per heavy atom. The van der Waals surface area contributed by atoms with Gasteiger partial charge in [-0.1, -0.05) is 12.1 Å². The molecule has 0 radical (unpaired) electrons. The van der Waals surface area contributed by atoms with E-state index in [9.17, 15) is 22.8 Å². The number of alkyl halides is 3. The Hall–Kier alpha value is -2.05. The third-order valence-electron chi connectivity index (χ3n) is 3.24. The summed E-state index contributed by atoms with van der Waals surface area (Å²) in [4.78, 5) is 24.9. The van der Waals surface area contributed by atoms with Gasteiger partial charge in [0.2, 0.25) is 11.8 Å². The van der Waals surface area contributed by atoms with Crippen molar-refractivity contribution in [2.75, 3.05) is 18.0 Å². The fraction of sp³-hybridized carbons (Fsp3) is 0.429. The van der Waals surface area contributed by atoms with Gasteiger partial charge in [-0.2, -0.15) is 13.2 Å². The molecule has 0 aromatic heterocycles. The number of carbonyl (C=O) groups is 2. The summed E-state index contributed by atoms with van der Waals surface area (Å²) in [5.74, 6) is -1.41. The Kier molecular flexibility index (Phi) is 4.20. The first-order valence-corrected chi connectivity index (χ1v) is 6.49. The molecule has 114 valence electrons. The van der Waals surface area contributed by atoms with E-state index in [1.54, 1.807) is 5.32 Å². The monoisotopic (exact) mass is 300 g/mol. The number of rotatable bonds is 3. The predicted molar refractivity (Wildman–Crippen MR) is 70.9 cm³/mol. The van der Waals surface area contributed by atoms with Gasteiger partial charge in [0, 0.05) is 12.2 Å². The van der Waals surface area contributed by atoms with Gasteiger partial charge in [0.1, 0.15) is 13.0 Å². The Balaban J connectivity index is 1.97. The summed E-state index contributed by atoms with van der Waals surface area (Å²) in [5.41, 5.74) is 2.73. The Morgan fingerprint density at radius 3 is 2.71 bits per heavy atom. The molecule has 1 aromatic carbocycles. The van der Waals surface area contributed by atoms with Crippen LogP contribution in [0.5, 0.6) is 0 Å². The number of nitrogens with one attached hydrogen (secondary N) is 1. The molecule has 1 aromatic rings. The van der Waals surface area contributed by atoms with E-state index >= 15 is 0 Å². The molecule has 1 aliphatic heterocycles. The van der Waals surface area contributed by atoms with E-state index in [-0.39, 0.29) is 0 Å². The lowest BCUT2D eigenvalue weighted by molar-refractivity contribution is -0.140. The minimum absolute atomic E-state index is 0.449. The lowest BCUT2D eigenvalue weighted by atomic mass is 10.1. The highest BCUT2D eigenvalue weighted by Crippen LogP contribution is 2.29. The lowest BCUT2D eigenvalue weighted by Crippen LogP contribution is -2.38. The van der Waals surface area contributed by atoms with Gasteiger partial charge in [-0.15, -0.1) is 0 Å². The number of nitrogens with zero attached hydrogens (tertiary/aromatic N) is 1. The van der Waals surface area contributed by atoms with Crippen LogP contribution in [0.25, 0.3) is 0 Å². The van der Waals surface area contributed by atoms with Crippen molar-refractivity contribution in [3.63, 3.8) is 0 Å². The Bertz CT molecular complexity index is 570. The minimum atomic E-state index is -4.48. The quantitative estimate of drug-likeness (QED) is 0.868. The normalized spacial score (nSPS) is 14.0. The molecule has 1 aliphatic rings. The average molecular weight is 300 g/mol. The van der Waals surface area contributed by atoms with Crippen LogP contribution < -0.4 is 10.2 Å². The summed E-state index contributed by atoms with van der Waals surface area (Å²) in [5, 5.41) is 1.70. The number of amides is 2. The van der Waals surface area contributed by atoms with E-state index in [0.717, 1.165) is 16.8 Å². The van der Waals surface area contributed by atoms with Gasteiger partial charge in [-0.3, -0.25) is 9.59 Å². The van der Waals surface area contributed by atoms with Crippen LogP contribution >= 0.6 is 0 Å². The van der Waals surface area contributed by atoms with Gasteiger partial charge in [0.15, 0.2) is 0 Å². The van der Waals surface area contributed by atoms with Crippen molar-refractivity contribution in [3.05, 3.63) is 29.3 Å². The van der Waals surface area contributed by atoms with Crippen molar-refractivity contribution in [2.24, 2.45) is 0 Å². The van der Waals surface area contributed by atoms with Gasteiger partial charge in [-0.25, -0.2) is 0 Å². The van der Waals surface area contributed by atoms with Crippen molar-refractivity contribution in [1.29, 1.82) is 0 Å². The second-order valence-electron chi connectivity index (χ2n) is 5.00. The molecule has 0 bridgehead atoms. The molecule has 2 rings (SSSR count). The lowest BCUT2D eigenvalue weighted by Gasteiger charge is -2.17. The molecule has 7 heteroatoms. The fourth-order valence-corrected chi connectivity index (χ4v) is 2.24. The molecule has 1 N–H and O–H groups in total. The number of hydrogen-bond acceptors (Lipinski definition) is 2. The molecule has 4 nitrogen and oxygen atoms in total. The molecule has 0 fully saturated rings. The van der Waals surface area contributed by atoms with Crippen LogP contribution in [0.3, 0.4) is 0 Å². The Labute approximate surface area is 119 Å². The molecule has 0 saturated carbocycles. The van der Waals surface area contributed by atoms with Crippen LogP contribution in [0, 0.1) is 6.92 Å². The number of halogens is 3. The molecule has 0 atom stereocenters. The molecule has 1 heterocycles. The Morgan fingerprint density at radius 1 is 1.33 bits per heavy atom. The van der Waals surface area contributed by atoms with Crippen LogP contribution in [0.2, 0.25) is 0 Å². The first-order valence-electron chi connectivity index (χ1n) is 6.49. The smallest absolute Gasteiger partial charge is 0.347 e. The van der Waals surface area contributed by atoms with Gasteiger partial charge >= 0.3 is 6.18 Å². The fourth-order valence-electron chi connectivity index (χ4n) is 2.24. The van der Waals surface area contributed by atoms with Crippen LogP contribution in [0.1, 0.15) is 17.5 Å². The van der Waals surface area contributed by atoms with Crippen LogP contribution in [-0.4, -0.2) is 31.1 Å². The number of benzene rings is 1. The van der Waals surface area contributed by atoms with Gasteiger partial charge in [0.05, 0.1) is 0 Å². The summed E-state index contributed by atoms with van der Waals surface area (Å²) in [6.07, 6.45) is -4.37. The number of fused-ring (bicyclic) bond motifs is 1. The van der Waals surface area contributed by atoms with E-state index in [0.29, 0.717) is 13.0 Å². The number of aryl methyl sites for hydroxylation is 1. The van der Waals surface area contributed by atoms with Gasteiger partial charge in [0.25, 0.3) is 0 Å². The third-order valence-corrected chi connectivity index (χ3v) is 3.24. The number of anilines is 1. The summed E-state index contributed by atoms with van der Waals surface area (Å²) in [6.45, 7) is 0.913. The number of carbonyl (C=O) groups excluding carboxylic acids is 2. The maximum atomic E-state index is 12.0. The first-order chi connectivity index (χ1) is 9.76. The zero-order chi connectivity index (χ0) is 15.6. The van der Waals surface area contributed by atoms with E-state index < -0.39 is 31.0 Å². The molecule has 0 aliphatic carbocycles. The number of hydrogen-bond donors (Lipinski definition) is 1. The van der Waals surface area contributed by atoms with E-state index in [1.807, 2.05) is 25.1 Å². The maximum Gasteiger partial charge on any atom is 0.405 e. The van der Waals surface area contributed by atoms with Crippen molar-refractivity contribution < 1.29 is 22.8 Å². The maximum absolute atomic E-state index is 12.0. The zero-order valence-electron chi connectivity index (χ0n) is 11.5. The molecular weight excluding hydrogens is 285 g/mol. The molecule has 0 unspecified atom stereocenters. The SMILES string of the molecule is Cc1ccc2c(c1)N(C(=O)CC(=O)NCC(F)(F)F)CC2. The van der Waals surface area contributed by atoms with E-state index in [1.165, 1.54) is 4.90 Å². The first kappa shape index (κ1) is 15.3. The predicted octanol–water partition coefficient (Wildman–Crippen LogP) is 1.95. The summed E-state index contributed by atoms with van der Waals surface area (Å²) < 4.78 is 36.0. The van der Waals surface area contributed by atoms with Crippen molar-refractivity contribution in [1.82, 2.24) is 5.32 Å². The van der Waals surface area contributed by atoms with Gasteiger partial charge < -0.3 is 10.2 Å². The van der Waals surface area contributed by atoms with Crippen LogP contribution in [0.15, 0.2) is 18.2 Å². The highest BCUT2D eigenvalue weighted by Gasteiger charge is 2.30. The second-order valence-corrected chi connectivity index (χ2v) is 5.00. The highest BCUT2D eigenvalue weighted by molar-refractivity contribution is 6.06. The average Bonchev–Trinajstić information content (AvgIpc) is 2.78. The summed E-state index contributed by atoms with van der Waals surface area (Å²) in [6, 6.07) is 5.69. The van der Waals surface area contributed by atoms with Crippen molar-refractivity contribution in [2.45, 2.75) is 25.9 Å². The summed E-state index contributed by atoms with van der Waals surface area (Å²) >= 11 is 0. The standard InChI is InChI=1S/C14H15F3N2O2/c1-9-2-3-10-4-5-19(11(10)6-9)13(21)7-12(20)18-8-14(15,16)17/h2-3,6H,4-5,7-8H2,1H3,(H,18,20). The topological polar surface area (TPSA) is 49.4 Å². The zero-order valence-corrected chi connectivity index (χ0v) is 11.5. The van der Waals surface area contributed by atoms with Crippen LogP contribution in [0.4, 0.5) is 18.9 Å². The van der Waals surface area contributed by atoms with Crippen LogP contribution in [-0.2, 0) is 16.0 Å². The molecule has 0 spiro atoms. The summed E-state index contributed by atoms with van der Waals surface area (Å²) in [7, 11) is 0. The third kappa shape index (κ3) is 3.96. The minimum Gasteiger partial charge on any atom is -0.347 e.